The van der Waals surface area contributed by atoms with Gasteiger partial charge in [-0.3, -0.25) is 9.59 Å². The van der Waals surface area contributed by atoms with Gasteiger partial charge in [0.25, 0.3) is 0 Å². The van der Waals surface area contributed by atoms with Gasteiger partial charge in [0, 0.05) is 18.7 Å². The molecule has 2 N–H and O–H groups in total. The Morgan fingerprint density at radius 2 is 2.17 bits per heavy atom. The molecule has 2 amide bonds. The maximum absolute atomic E-state index is 12.0. The maximum Gasteiger partial charge on any atom is 0.234 e. The zero-order chi connectivity index (χ0) is 16.2. The predicted molar refractivity (Wildman–Crippen MR) is 97.4 cm³/mol. The van der Waals surface area contributed by atoms with Crippen LogP contribution in [0.5, 0.6) is 0 Å². The first-order valence-electron chi connectivity index (χ1n) is 8.54. The second-order valence-corrected chi connectivity index (χ2v) is 6.61. The molecule has 1 saturated carbocycles. The number of amides is 2. The summed E-state index contributed by atoms with van der Waals surface area (Å²) < 4.78 is 0. The van der Waals surface area contributed by atoms with E-state index in [1.54, 1.807) is 0 Å². The SMILES string of the molecule is CC(NC(=O)CNCC1CC1)c1cccc(N2CCCC2=O)c1.Cl. The number of benzene rings is 1. The molecule has 0 aromatic heterocycles. The van der Waals surface area contributed by atoms with Crippen LogP contribution in [0.1, 0.15) is 44.2 Å². The molecule has 1 aromatic carbocycles. The fraction of sp³-hybridized carbons (Fsp3) is 0.556. The lowest BCUT2D eigenvalue weighted by Gasteiger charge is -2.19. The lowest BCUT2D eigenvalue weighted by atomic mass is 10.1. The summed E-state index contributed by atoms with van der Waals surface area (Å²) in [5.74, 6) is 0.971. The smallest absolute Gasteiger partial charge is 0.234 e. The summed E-state index contributed by atoms with van der Waals surface area (Å²) in [4.78, 5) is 25.7. The lowest BCUT2D eigenvalue weighted by molar-refractivity contribution is -0.121. The van der Waals surface area contributed by atoms with Gasteiger partial charge in [0.15, 0.2) is 0 Å². The molecule has 5 nitrogen and oxygen atoms in total. The zero-order valence-electron chi connectivity index (χ0n) is 14.1. The molecule has 24 heavy (non-hydrogen) atoms. The third kappa shape index (κ3) is 4.95. The highest BCUT2D eigenvalue weighted by molar-refractivity contribution is 5.95. The number of halogens is 1. The van der Waals surface area contributed by atoms with Crippen molar-refractivity contribution in [2.45, 2.75) is 38.6 Å². The van der Waals surface area contributed by atoms with Crippen molar-refractivity contribution in [1.29, 1.82) is 0 Å². The molecule has 3 rings (SSSR count). The Kier molecular flexibility index (Phi) is 6.63. The highest BCUT2D eigenvalue weighted by Gasteiger charge is 2.23. The number of carbonyl (C=O) groups excluding carboxylic acids is 2. The molecule has 1 aromatic rings. The van der Waals surface area contributed by atoms with E-state index in [2.05, 4.69) is 10.6 Å². The molecular formula is C18H26ClN3O2. The van der Waals surface area contributed by atoms with Crippen molar-refractivity contribution in [3.8, 4) is 0 Å². The van der Waals surface area contributed by atoms with Crippen molar-refractivity contribution in [2.24, 2.45) is 5.92 Å². The Labute approximate surface area is 149 Å². The van der Waals surface area contributed by atoms with E-state index in [-0.39, 0.29) is 30.3 Å². The molecular weight excluding hydrogens is 326 g/mol. The fourth-order valence-corrected chi connectivity index (χ4v) is 2.97. The van der Waals surface area contributed by atoms with Crippen molar-refractivity contribution >= 4 is 29.9 Å². The van der Waals surface area contributed by atoms with E-state index in [4.69, 9.17) is 0 Å². The summed E-state index contributed by atoms with van der Waals surface area (Å²) in [5, 5.41) is 6.22. The molecule has 0 radical (unpaired) electrons. The molecule has 1 aliphatic heterocycles. The first kappa shape index (κ1) is 18.7. The van der Waals surface area contributed by atoms with Crippen LogP contribution in [-0.2, 0) is 9.59 Å². The van der Waals surface area contributed by atoms with E-state index in [0.717, 1.165) is 36.7 Å². The third-order valence-corrected chi connectivity index (χ3v) is 4.55. The number of nitrogens with one attached hydrogen (secondary N) is 2. The minimum atomic E-state index is -0.0668. The summed E-state index contributed by atoms with van der Waals surface area (Å²) >= 11 is 0. The predicted octanol–water partition coefficient (Wildman–Crippen LogP) is 2.41. The van der Waals surface area contributed by atoms with E-state index >= 15 is 0 Å². The molecule has 2 aliphatic rings. The van der Waals surface area contributed by atoms with Crippen molar-refractivity contribution in [3.63, 3.8) is 0 Å². The van der Waals surface area contributed by atoms with E-state index in [9.17, 15) is 9.59 Å². The number of carbonyl (C=O) groups is 2. The standard InChI is InChI=1S/C18H25N3O2.ClH/c1-13(20-17(22)12-19-11-14-7-8-14)15-4-2-5-16(10-15)21-9-3-6-18(21)23;/h2,4-5,10,13-14,19H,3,6-9,11-12H2,1H3,(H,20,22);1H. The summed E-state index contributed by atoms with van der Waals surface area (Å²) in [7, 11) is 0. The molecule has 1 atom stereocenters. The van der Waals surface area contributed by atoms with E-state index in [1.165, 1.54) is 12.8 Å². The quantitative estimate of drug-likeness (QED) is 0.793. The molecule has 1 saturated heterocycles. The molecule has 1 aliphatic carbocycles. The Morgan fingerprint density at radius 1 is 1.38 bits per heavy atom. The maximum atomic E-state index is 12.0. The van der Waals surface area contributed by atoms with Gasteiger partial charge in [0.2, 0.25) is 11.8 Å². The second kappa shape index (κ2) is 8.49. The van der Waals surface area contributed by atoms with Crippen LogP contribution in [0, 0.1) is 5.92 Å². The van der Waals surface area contributed by atoms with Crippen molar-refractivity contribution < 1.29 is 9.59 Å². The van der Waals surface area contributed by atoms with Gasteiger partial charge in [-0.2, -0.15) is 0 Å². The number of anilines is 1. The van der Waals surface area contributed by atoms with Crippen LogP contribution in [0.2, 0.25) is 0 Å². The Morgan fingerprint density at radius 3 is 2.83 bits per heavy atom. The summed E-state index contributed by atoms with van der Waals surface area (Å²) in [5.41, 5.74) is 1.95. The Bertz CT molecular complexity index is 589. The highest BCUT2D eigenvalue weighted by atomic mass is 35.5. The van der Waals surface area contributed by atoms with Crippen LogP contribution in [0.3, 0.4) is 0 Å². The third-order valence-electron chi connectivity index (χ3n) is 4.55. The molecule has 0 spiro atoms. The van der Waals surface area contributed by atoms with E-state index in [1.807, 2.05) is 36.1 Å². The van der Waals surface area contributed by atoms with Crippen LogP contribution in [0.25, 0.3) is 0 Å². The van der Waals surface area contributed by atoms with Crippen molar-refractivity contribution in [2.75, 3.05) is 24.5 Å². The van der Waals surface area contributed by atoms with Gasteiger partial charge in [-0.05, 0) is 56.3 Å². The lowest BCUT2D eigenvalue weighted by Crippen LogP contribution is -2.36. The van der Waals surface area contributed by atoms with Gasteiger partial charge in [-0.25, -0.2) is 0 Å². The number of nitrogens with zero attached hydrogens (tertiary/aromatic N) is 1. The fourth-order valence-electron chi connectivity index (χ4n) is 2.97. The van der Waals surface area contributed by atoms with Gasteiger partial charge in [-0.15, -0.1) is 12.4 Å². The molecule has 0 bridgehead atoms. The number of hydrogen-bond acceptors (Lipinski definition) is 3. The molecule has 132 valence electrons. The summed E-state index contributed by atoms with van der Waals surface area (Å²) in [6.07, 6.45) is 4.12. The largest absolute Gasteiger partial charge is 0.348 e. The number of hydrogen-bond donors (Lipinski definition) is 2. The minimum Gasteiger partial charge on any atom is -0.348 e. The van der Waals surface area contributed by atoms with Gasteiger partial charge in [-0.1, -0.05) is 12.1 Å². The monoisotopic (exact) mass is 351 g/mol. The van der Waals surface area contributed by atoms with Gasteiger partial charge in [0.05, 0.1) is 12.6 Å². The molecule has 1 unspecified atom stereocenters. The Balaban J connectivity index is 0.00000208. The van der Waals surface area contributed by atoms with E-state index in [0.29, 0.717) is 13.0 Å². The van der Waals surface area contributed by atoms with Gasteiger partial charge in [0.1, 0.15) is 0 Å². The average molecular weight is 352 g/mol. The number of rotatable bonds is 7. The highest BCUT2D eigenvalue weighted by Crippen LogP contribution is 2.27. The average Bonchev–Trinajstić information content (AvgIpc) is 3.26. The first-order valence-corrected chi connectivity index (χ1v) is 8.54. The summed E-state index contributed by atoms with van der Waals surface area (Å²) in [6, 6.07) is 7.84. The first-order chi connectivity index (χ1) is 11.1. The van der Waals surface area contributed by atoms with Crippen LogP contribution in [0.4, 0.5) is 5.69 Å². The van der Waals surface area contributed by atoms with Crippen LogP contribution < -0.4 is 15.5 Å². The van der Waals surface area contributed by atoms with Crippen molar-refractivity contribution in [1.82, 2.24) is 10.6 Å². The zero-order valence-corrected chi connectivity index (χ0v) is 14.9. The van der Waals surface area contributed by atoms with Gasteiger partial charge >= 0.3 is 0 Å². The van der Waals surface area contributed by atoms with Crippen molar-refractivity contribution in [3.05, 3.63) is 29.8 Å². The molecule has 6 heteroatoms. The van der Waals surface area contributed by atoms with Crippen LogP contribution in [-0.4, -0.2) is 31.4 Å². The summed E-state index contributed by atoms with van der Waals surface area (Å²) in [6.45, 7) is 4.07. The minimum absolute atomic E-state index is 0. The normalized spacial score (nSPS) is 18.2. The van der Waals surface area contributed by atoms with E-state index < -0.39 is 0 Å². The van der Waals surface area contributed by atoms with Gasteiger partial charge < -0.3 is 15.5 Å². The topological polar surface area (TPSA) is 61.4 Å². The Hall–Kier alpha value is -1.59. The van der Waals surface area contributed by atoms with Crippen LogP contribution in [0.15, 0.2) is 24.3 Å². The second-order valence-electron chi connectivity index (χ2n) is 6.61. The van der Waals surface area contributed by atoms with Crippen LogP contribution >= 0.6 is 12.4 Å². The molecule has 1 heterocycles. The molecule has 2 fully saturated rings.